The van der Waals surface area contributed by atoms with Gasteiger partial charge in [-0.15, -0.1) is 0 Å². The summed E-state index contributed by atoms with van der Waals surface area (Å²) in [7, 11) is -4.64. The number of unbranched alkanes of at least 4 members (excludes halogenated alkanes) is 3. The number of rotatable bonds is 10. The highest BCUT2D eigenvalue weighted by atomic mass is 31.2. The third-order valence-electron chi connectivity index (χ3n) is 4.21. The Labute approximate surface area is 159 Å². The predicted molar refractivity (Wildman–Crippen MR) is 105 cm³/mol. The largest absolute Gasteiger partial charge is 0.469 e. The van der Waals surface area contributed by atoms with Gasteiger partial charge < -0.3 is 20.4 Å². The van der Waals surface area contributed by atoms with Gasteiger partial charge in [0.1, 0.15) is 0 Å². The van der Waals surface area contributed by atoms with Gasteiger partial charge in [0, 0.05) is 6.54 Å². The highest BCUT2D eigenvalue weighted by Gasteiger charge is 2.21. The molecule has 27 heavy (non-hydrogen) atoms. The molecule has 0 saturated heterocycles. The Hall–Kier alpha value is -1.92. The van der Waals surface area contributed by atoms with E-state index < -0.39 is 13.9 Å². The van der Waals surface area contributed by atoms with Gasteiger partial charge >= 0.3 is 13.9 Å². The Balaban J connectivity index is 2.05. The quantitative estimate of drug-likeness (QED) is 0.361. The molecule has 148 valence electrons. The third-order valence-corrected chi connectivity index (χ3v) is 4.69. The highest BCUT2D eigenvalue weighted by molar-refractivity contribution is 7.46. The summed E-state index contributed by atoms with van der Waals surface area (Å²) in [5.74, 6) is 0. The van der Waals surface area contributed by atoms with Crippen LogP contribution in [0, 0.1) is 0 Å². The second-order valence-electron chi connectivity index (χ2n) is 6.41. The van der Waals surface area contributed by atoms with Crippen LogP contribution in [0.15, 0.2) is 42.5 Å². The first-order valence-electron chi connectivity index (χ1n) is 9.12. The molecule has 0 radical (unpaired) electrons. The van der Waals surface area contributed by atoms with E-state index in [1.54, 1.807) is 0 Å². The zero-order valence-corrected chi connectivity index (χ0v) is 16.3. The molecule has 1 unspecified atom stereocenters. The van der Waals surface area contributed by atoms with E-state index in [1.807, 2.05) is 42.5 Å². The summed E-state index contributed by atoms with van der Waals surface area (Å²) in [5, 5.41) is 7.53. The summed E-state index contributed by atoms with van der Waals surface area (Å²) in [6.07, 6.45) is 4.18. The Morgan fingerprint density at radius 3 is 2.56 bits per heavy atom. The number of hydrogen-bond acceptors (Lipinski definition) is 3. The maximum Gasteiger partial charge on any atom is 0.469 e. The first-order chi connectivity index (χ1) is 12.9. The summed E-state index contributed by atoms with van der Waals surface area (Å²) >= 11 is 0. The fourth-order valence-corrected chi connectivity index (χ4v) is 3.12. The van der Waals surface area contributed by atoms with E-state index >= 15 is 0 Å². The van der Waals surface area contributed by atoms with Gasteiger partial charge in [-0.25, -0.2) is 9.36 Å². The number of amides is 2. The number of carbonyl (C=O) groups is 1. The van der Waals surface area contributed by atoms with Crippen LogP contribution in [-0.4, -0.2) is 29.0 Å². The zero-order chi connectivity index (χ0) is 19.7. The van der Waals surface area contributed by atoms with Crippen molar-refractivity contribution >= 4 is 24.6 Å². The number of carbonyl (C=O) groups excluding carboxylic acids is 1. The molecule has 0 aliphatic carbocycles. The Bertz CT molecular complexity index is 793. The van der Waals surface area contributed by atoms with Crippen molar-refractivity contribution in [2.75, 3.05) is 13.2 Å². The molecule has 0 aliphatic rings. The monoisotopic (exact) mass is 394 g/mol. The maximum absolute atomic E-state index is 12.2. The molecule has 0 heterocycles. The van der Waals surface area contributed by atoms with Crippen molar-refractivity contribution in [3.05, 3.63) is 48.0 Å². The topological polar surface area (TPSA) is 108 Å². The first-order valence-corrected chi connectivity index (χ1v) is 10.6. The Kier molecular flexibility index (Phi) is 8.25. The number of urea groups is 1. The molecule has 0 spiro atoms. The molecule has 8 heteroatoms. The Morgan fingerprint density at radius 2 is 1.85 bits per heavy atom. The lowest BCUT2D eigenvalue weighted by Crippen LogP contribution is -2.39. The van der Waals surface area contributed by atoms with Crippen LogP contribution in [0.25, 0.3) is 10.8 Å². The number of hydrogen-bond donors (Lipinski definition) is 4. The van der Waals surface area contributed by atoms with E-state index in [0.29, 0.717) is 12.1 Å². The van der Waals surface area contributed by atoms with Crippen molar-refractivity contribution in [2.45, 2.75) is 38.6 Å². The molecule has 0 fully saturated rings. The fourth-order valence-electron chi connectivity index (χ4n) is 2.78. The van der Waals surface area contributed by atoms with Crippen LogP contribution in [0.4, 0.5) is 4.79 Å². The first kappa shape index (κ1) is 21.4. The minimum atomic E-state index is -4.64. The van der Waals surface area contributed by atoms with Crippen LogP contribution in [0.2, 0.25) is 0 Å². The summed E-state index contributed by atoms with van der Waals surface area (Å²) in [5.41, 5.74) is 0.711. The maximum atomic E-state index is 12.2. The molecule has 1 atom stereocenters. The molecule has 2 amide bonds. The van der Waals surface area contributed by atoms with Crippen LogP contribution in [0.5, 0.6) is 0 Å². The van der Waals surface area contributed by atoms with Crippen LogP contribution in [0.3, 0.4) is 0 Å². The summed E-state index contributed by atoms with van der Waals surface area (Å²) < 4.78 is 15.7. The van der Waals surface area contributed by atoms with Gasteiger partial charge in [0.15, 0.2) is 0 Å². The minimum Gasteiger partial charge on any atom is -0.338 e. The number of nitrogens with one attached hydrogen (secondary N) is 2. The third kappa shape index (κ3) is 7.69. The van der Waals surface area contributed by atoms with E-state index in [1.165, 1.54) is 0 Å². The van der Waals surface area contributed by atoms with Crippen molar-refractivity contribution in [1.29, 1.82) is 0 Å². The smallest absolute Gasteiger partial charge is 0.338 e. The van der Waals surface area contributed by atoms with Crippen molar-refractivity contribution in [1.82, 2.24) is 10.6 Å². The number of fused-ring (bicyclic) bond motifs is 1. The van der Waals surface area contributed by atoms with Crippen molar-refractivity contribution in [3.8, 4) is 0 Å². The van der Waals surface area contributed by atoms with Gasteiger partial charge in [-0.2, -0.15) is 0 Å². The Morgan fingerprint density at radius 1 is 1.11 bits per heavy atom. The van der Waals surface area contributed by atoms with Gasteiger partial charge in [0.25, 0.3) is 0 Å². The molecular weight excluding hydrogens is 367 g/mol. The van der Waals surface area contributed by atoms with E-state index in [-0.39, 0.29) is 12.6 Å². The van der Waals surface area contributed by atoms with Gasteiger partial charge in [-0.1, -0.05) is 62.6 Å². The van der Waals surface area contributed by atoms with E-state index in [9.17, 15) is 9.36 Å². The van der Waals surface area contributed by atoms with E-state index in [2.05, 4.69) is 22.1 Å². The number of benzene rings is 2. The molecule has 2 rings (SSSR count). The predicted octanol–water partition coefficient (Wildman–Crippen LogP) is 3.87. The normalized spacial score (nSPS) is 12.7. The molecule has 2 aromatic carbocycles. The molecule has 7 nitrogen and oxygen atoms in total. The van der Waals surface area contributed by atoms with Gasteiger partial charge in [-0.05, 0) is 28.8 Å². The summed E-state index contributed by atoms with van der Waals surface area (Å²) in [4.78, 5) is 30.2. The standard InChI is InChI=1S/C19H27N2O5P/c1-2-3-4-7-12-20-19(22)21-18(14-26-27(23,24)25)17-11-10-15-8-5-6-9-16(15)13-17/h5-6,8-11,13,18H,2-4,7,12,14H2,1H3,(H2,20,21,22)(H2,23,24,25). The van der Waals surface area contributed by atoms with Crippen LogP contribution in [0.1, 0.15) is 44.2 Å². The van der Waals surface area contributed by atoms with Crippen LogP contribution < -0.4 is 10.6 Å². The highest BCUT2D eigenvalue weighted by Crippen LogP contribution is 2.37. The van der Waals surface area contributed by atoms with E-state index in [0.717, 1.165) is 36.5 Å². The average molecular weight is 394 g/mol. The van der Waals surface area contributed by atoms with Crippen LogP contribution >= 0.6 is 7.82 Å². The molecule has 0 bridgehead atoms. The number of phosphoric acid groups is 1. The van der Waals surface area contributed by atoms with E-state index in [4.69, 9.17) is 9.79 Å². The lowest BCUT2D eigenvalue weighted by atomic mass is 10.0. The van der Waals surface area contributed by atoms with Gasteiger partial charge in [0.05, 0.1) is 12.6 Å². The molecule has 2 aromatic rings. The molecule has 0 saturated carbocycles. The lowest BCUT2D eigenvalue weighted by Gasteiger charge is -2.20. The zero-order valence-electron chi connectivity index (χ0n) is 15.4. The second kappa shape index (κ2) is 10.4. The molecule has 0 aromatic heterocycles. The summed E-state index contributed by atoms with van der Waals surface area (Å²) in [6.45, 7) is 2.34. The molecule has 4 N–H and O–H groups in total. The average Bonchev–Trinajstić information content (AvgIpc) is 2.64. The number of phosphoric ester groups is 1. The van der Waals surface area contributed by atoms with Crippen LogP contribution in [-0.2, 0) is 9.09 Å². The molecular formula is C19H27N2O5P. The van der Waals surface area contributed by atoms with Gasteiger partial charge in [0.2, 0.25) is 0 Å². The fraction of sp³-hybridized carbons (Fsp3) is 0.421. The van der Waals surface area contributed by atoms with Crippen molar-refractivity contribution in [2.24, 2.45) is 0 Å². The lowest BCUT2D eigenvalue weighted by molar-refractivity contribution is 0.175. The van der Waals surface area contributed by atoms with Crippen molar-refractivity contribution < 1.29 is 23.7 Å². The summed E-state index contributed by atoms with van der Waals surface area (Å²) in [6, 6.07) is 12.3. The SMILES string of the molecule is CCCCCCNC(=O)NC(COP(=O)(O)O)c1ccc2ccccc2c1. The van der Waals surface area contributed by atoms with Crippen molar-refractivity contribution in [3.63, 3.8) is 0 Å². The molecule has 0 aliphatic heterocycles. The second-order valence-corrected chi connectivity index (χ2v) is 7.65. The minimum absolute atomic E-state index is 0.328. The van der Waals surface area contributed by atoms with Gasteiger partial charge in [-0.3, -0.25) is 4.52 Å².